The fourth-order valence-corrected chi connectivity index (χ4v) is 3.18. The zero-order valence-corrected chi connectivity index (χ0v) is 8.21. The zero-order valence-electron chi connectivity index (χ0n) is 7.40. The fourth-order valence-electron chi connectivity index (χ4n) is 2.26. The number of aromatic nitrogens is 1. The van der Waals surface area contributed by atoms with Gasteiger partial charge in [0.2, 0.25) is 0 Å². The first-order valence-electron chi connectivity index (χ1n) is 4.64. The molecule has 0 aliphatic heterocycles. The Morgan fingerprint density at radius 1 is 0.929 bits per heavy atom. The van der Waals surface area contributed by atoms with Crippen LogP contribution in [0.1, 0.15) is 0 Å². The van der Waals surface area contributed by atoms with Gasteiger partial charge in [-0.1, -0.05) is 6.07 Å². The molecule has 4 rings (SSSR count). The smallest absolute Gasteiger partial charge is 0.0640 e. The average molecular weight is 197 g/mol. The lowest BCUT2D eigenvalue weighted by atomic mass is 10.3. The molecular formula is C12H7NS. The molecule has 0 saturated carbocycles. The second-order valence-corrected chi connectivity index (χ2v) is 4.47. The summed E-state index contributed by atoms with van der Waals surface area (Å²) in [5.41, 5.74) is 3.97. The van der Waals surface area contributed by atoms with Crippen molar-refractivity contribution in [3.05, 3.63) is 41.8 Å². The average Bonchev–Trinajstić information content (AvgIpc) is 2.87. The summed E-state index contributed by atoms with van der Waals surface area (Å²) in [6.07, 6.45) is 0. The molecule has 4 heterocycles. The second kappa shape index (κ2) is 2.10. The van der Waals surface area contributed by atoms with E-state index in [4.69, 9.17) is 0 Å². The predicted octanol–water partition coefficient (Wildman–Crippen LogP) is 3.75. The minimum Gasteiger partial charge on any atom is -0.308 e. The second-order valence-electron chi connectivity index (χ2n) is 3.55. The van der Waals surface area contributed by atoms with Crippen LogP contribution >= 0.6 is 11.3 Å². The zero-order chi connectivity index (χ0) is 9.12. The van der Waals surface area contributed by atoms with Gasteiger partial charge in [-0.2, -0.15) is 0 Å². The molecule has 4 aromatic rings. The van der Waals surface area contributed by atoms with E-state index in [1.165, 1.54) is 26.6 Å². The maximum absolute atomic E-state index is 2.33. The normalized spacial score (nSPS) is 12.3. The van der Waals surface area contributed by atoms with Crippen LogP contribution in [0.25, 0.3) is 26.6 Å². The van der Waals surface area contributed by atoms with Crippen molar-refractivity contribution in [2.45, 2.75) is 0 Å². The predicted molar refractivity (Wildman–Crippen MR) is 61.5 cm³/mol. The van der Waals surface area contributed by atoms with Crippen LogP contribution < -0.4 is 0 Å². The highest BCUT2D eigenvalue weighted by Crippen LogP contribution is 2.34. The summed E-state index contributed by atoms with van der Waals surface area (Å²) >= 11 is 1.83. The number of hydrogen-bond acceptors (Lipinski definition) is 1. The summed E-state index contributed by atoms with van der Waals surface area (Å²) in [5, 5.41) is 3.55. The molecule has 0 atom stereocenters. The lowest BCUT2D eigenvalue weighted by Crippen LogP contribution is -1.78. The number of thiophene rings is 1. The number of pyridine rings is 1. The monoisotopic (exact) mass is 197 g/mol. The molecule has 66 valence electrons. The fraction of sp³-hybridized carbons (Fsp3) is 0. The Balaban J connectivity index is 2.58. The molecule has 0 bridgehead atoms. The molecule has 1 nitrogen and oxygen atoms in total. The lowest BCUT2D eigenvalue weighted by Gasteiger charge is -1.94. The van der Waals surface area contributed by atoms with Crippen molar-refractivity contribution in [2.75, 3.05) is 0 Å². The van der Waals surface area contributed by atoms with E-state index in [0.717, 1.165) is 0 Å². The van der Waals surface area contributed by atoms with Gasteiger partial charge in [0.05, 0.1) is 15.7 Å². The van der Waals surface area contributed by atoms with Gasteiger partial charge in [0.15, 0.2) is 0 Å². The first kappa shape index (κ1) is 6.85. The van der Waals surface area contributed by atoms with Crippen LogP contribution in [-0.2, 0) is 0 Å². The van der Waals surface area contributed by atoms with Crippen LogP contribution in [0.15, 0.2) is 41.8 Å². The third kappa shape index (κ3) is 0.601. The van der Waals surface area contributed by atoms with Gasteiger partial charge in [-0.15, -0.1) is 11.3 Å². The Morgan fingerprint density at radius 2 is 1.93 bits per heavy atom. The van der Waals surface area contributed by atoms with E-state index in [-0.39, 0.29) is 0 Å². The highest BCUT2D eigenvalue weighted by molar-refractivity contribution is 7.18. The molecule has 0 radical (unpaired) electrons. The molecule has 0 amide bonds. The van der Waals surface area contributed by atoms with Crippen LogP contribution in [0.2, 0.25) is 0 Å². The number of fused-ring (bicyclic) bond motifs is 3. The van der Waals surface area contributed by atoms with E-state index in [1.807, 2.05) is 11.3 Å². The molecule has 0 saturated heterocycles. The molecule has 0 aliphatic rings. The summed E-state index contributed by atoms with van der Waals surface area (Å²) in [5.74, 6) is 0. The highest BCUT2D eigenvalue weighted by Gasteiger charge is 2.10. The molecule has 0 aliphatic carbocycles. The van der Waals surface area contributed by atoms with Gasteiger partial charge < -0.3 is 4.40 Å². The van der Waals surface area contributed by atoms with Crippen molar-refractivity contribution in [2.24, 2.45) is 0 Å². The largest absolute Gasteiger partial charge is 0.308 e. The van der Waals surface area contributed by atoms with Crippen LogP contribution in [-0.4, -0.2) is 4.40 Å². The molecule has 0 unspecified atom stereocenters. The van der Waals surface area contributed by atoms with E-state index >= 15 is 0 Å². The molecule has 14 heavy (non-hydrogen) atoms. The van der Waals surface area contributed by atoms with Gasteiger partial charge in [-0.05, 0) is 35.7 Å². The molecule has 0 N–H and O–H groups in total. The Bertz CT molecular complexity index is 721. The third-order valence-corrected chi connectivity index (χ3v) is 3.78. The topological polar surface area (TPSA) is 4.41 Å². The SMILES string of the molecule is c1cc2ccc3c4ccsc4c(c1)n23. The van der Waals surface area contributed by atoms with Crippen molar-refractivity contribution in [1.82, 2.24) is 4.40 Å². The summed E-state index contributed by atoms with van der Waals surface area (Å²) in [6.45, 7) is 0. The van der Waals surface area contributed by atoms with Crippen molar-refractivity contribution in [1.29, 1.82) is 0 Å². The molecular weight excluding hydrogens is 190 g/mol. The van der Waals surface area contributed by atoms with Crippen molar-refractivity contribution >= 4 is 38.0 Å². The summed E-state index contributed by atoms with van der Waals surface area (Å²) < 4.78 is 3.74. The lowest BCUT2D eigenvalue weighted by molar-refractivity contribution is 1.36. The minimum absolute atomic E-state index is 1.29. The van der Waals surface area contributed by atoms with Gasteiger partial charge in [-0.3, -0.25) is 0 Å². The van der Waals surface area contributed by atoms with E-state index in [9.17, 15) is 0 Å². The van der Waals surface area contributed by atoms with Crippen LogP contribution in [0, 0.1) is 0 Å². The Labute approximate surface area is 84.5 Å². The molecule has 4 aromatic heterocycles. The van der Waals surface area contributed by atoms with E-state index in [0.29, 0.717) is 0 Å². The Kier molecular flexibility index (Phi) is 1.02. The summed E-state index contributed by atoms with van der Waals surface area (Å²) in [6, 6.07) is 13.1. The number of rotatable bonds is 0. The van der Waals surface area contributed by atoms with Gasteiger partial charge in [0.25, 0.3) is 0 Å². The molecule has 0 fully saturated rings. The van der Waals surface area contributed by atoms with Crippen molar-refractivity contribution < 1.29 is 0 Å². The number of nitrogens with zero attached hydrogens (tertiary/aromatic N) is 1. The number of hydrogen-bond donors (Lipinski definition) is 0. The van der Waals surface area contributed by atoms with E-state index in [2.05, 4.69) is 46.2 Å². The Morgan fingerprint density at radius 3 is 2.93 bits per heavy atom. The summed E-state index contributed by atoms with van der Waals surface area (Å²) in [7, 11) is 0. The van der Waals surface area contributed by atoms with Gasteiger partial charge in [-0.25, -0.2) is 0 Å². The maximum atomic E-state index is 2.33. The van der Waals surface area contributed by atoms with Crippen LogP contribution in [0.5, 0.6) is 0 Å². The van der Waals surface area contributed by atoms with Crippen molar-refractivity contribution in [3.8, 4) is 0 Å². The molecule has 0 spiro atoms. The highest BCUT2D eigenvalue weighted by atomic mass is 32.1. The summed E-state index contributed by atoms with van der Waals surface area (Å²) in [4.78, 5) is 0. The van der Waals surface area contributed by atoms with Crippen LogP contribution in [0.4, 0.5) is 0 Å². The first-order valence-corrected chi connectivity index (χ1v) is 5.52. The quantitative estimate of drug-likeness (QED) is 0.404. The standard InChI is InChI=1S/C12H7NS/c1-2-8-4-5-10-9-6-7-14-12(9)11(3-1)13(8)10/h1-7H. The minimum atomic E-state index is 1.29. The van der Waals surface area contributed by atoms with Gasteiger partial charge in [0.1, 0.15) is 0 Å². The van der Waals surface area contributed by atoms with E-state index in [1.54, 1.807) is 0 Å². The first-order chi connectivity index (χ1) is 6.95. The molecule has 0 aromatic carbocycles. The third-order valence-electron chi connectivity index (χ3n) is 2.85. The van der Waals surface area contributed by atoms with E-state index < -0.39 is 0 Å². The van der Waals surface area contributed by atoms with Crippen molar-refractivity contribution in [3.63, 3.8) is 0 Å². The Hall–Kier alpha value is -1.54. The van der Waals surface area contributed by atoms with Gasteiger partial charge in [0, 0.05) is 10.9 Å². The van der Waals surface area contributed by atoms with Crippen LogP contribution in [0.3, 0.4) is 0 Å². The molecule has 2 heteroatoms. The maximum Gasteiger partial charge on any atom is 0.0640 e. The van der Waals surface area contributed by atoms with Gasteiger partial charge >= 0.3 is 0 Å².